The number of aliphatic carboxylic acids is 1. The van der Waals surface area contributed by atoms with Crippen molar-refractivity contribution in [2.75, 3.05) is 6.61 Å². The van der Waals surface area contributed by atoms with E-state index in [1.165, 1.54) is 0 Å². The van der Waals surface area contributed by atoms with Gasteiger partial charge in [0.15, 0.2) is 6.61 Å². The summed E-state index contributed by atoms with van der Waals surface area (Å²) in [5, 5.41) is 8.30. The monoisotopic (exact) mass is 288 g/mol. The minimum absolute atomic E-state index is 0.262. The number of ether oxygens (including phenoxy) is 1. The van der Waals surface area contributed by atoms with Crippen molar-refractivity contribution in [3.8, 4) is 5.75 Å². The van der Waals surface area contributed by atoms with E-state index in [1.54, 1.807) is 0 Å². The van der Waals surface area contributed by atoms with Crippen LogP contribution in [0.5, 0.6) is 5.75 Å². The summed E-state index contributed by atoms with van der Waals surface area (Å²) in [6.45, 7) is -1.95. The third-order valence-electron chi connectivity index (χ3n) is 1.94. The quantitative estimate of drug-likeness (QED) is 0.866. The Morgan fingerprint density at radius 2 is 1.79 bits per heavy atom. The minimum atomic E-state index is -4.83. The Morgan fingerprint density at radius 1 is 1.21 bits per heavy atom. The number of hydrogen-bond acceptors (Lipinski definition) is 2. The van der Waals surface area contributed by atoms with E-state index in [1.807, 2.05) is 0 Å². The van der Waals surface area contributed by atoms with Crippen LogP contribution < -0.4 is 4.74 Å². The van der Waals surface area contributed by atoms with Gasteiger partial charge in [-0.25, -0.2) is 9.18 Å². The van der Waals surface area contributed by atoms with Gasteiger partial charge in [-0.05, 0) is 12.1 Å². The molecule has 1 aromatic carbocycles. The number of carboxylic acids is 1. The summed E-state index contributed by atoms with van der Waals surface area (Å²) in [6, 6.07) is 1.11. The summed E-state index contributed by atoms with van der Waals surface area (Å²) in [5.74, 6) is -9.39. The first-order valence-electron chi connectivity index (χ1n) is 4.65. The van der Waals surface area contributed by atoms with Gasteiger partial charge in [-0.3, -0.25) is 0 Å². The van der Waals surface area contributed by atoms with Crippen LogP contribution in [0, 0.1) is 5.82 Å². The molecule has 0 spiro atoms. The van der Waals surface area contributed by atoms with Crippen LogP contribution in [-0.4, -0.2) is 23.9 Å². The molecule has 1 rings (SSSR count). The predicted octanol–water partition coefficient (Wildman–Crippen LogP) is 2.94. The molecule has 0 saturated carbocycles. The van der Waals surface area contributed by atoms with Crippen LogP contribution in [0.3, 0.4) is 0 Å². The van der Waals surface area contributed by atoms with Crippen molar-refractivity contribution in [1.29, 1.82) is 0 Å². The van der Waals surface area contributed by atoms with Crippen molar-refractivity contribution >= 4 is 5.97 Å². The zero-order valence-corrected chi connectivity index (χ0v) is 8.97. The summed E-state index contributed by atoms with van der Waals surface area (Å²) in [6.07, 6.45) is -4.83. The van der Waals surface area contributed by atoms with Crippen molar-refractivity contribution in [3.63, 3.8) is 0 Å². The normalized spacial score (nSPS) is 12.3. The molecule has 0 heterocycles. The molecule has 3 nitrogen and oxygen atoms in total. The van der Waals surface area contributed by atoms with Gasteiger partial charge < -0.3 is 9.84 Å². The van der Waals surface area contributed by atoms with Crippen LogP contribution in [0.25, 0.3) is 0 Å². The zero-order valence-electron chi connectivity index (χ0n) is 8.97. The highest BCUT2D eigenvalue weighted by molar-refractivity contribution is 5.78. The molecule has 0 saturated heterocycles. The molecule has 0 aliphatic carbocycles. The Bertz CT molecular complexity index is 483. The highest BCUT2D eigenvalue weighted by Gasteiger charge is 2.44. The minimum Gasteiger partial charge on any atom is -0.483 e. The molecule has 0 unspecified atom stereocenters. The smallest absolute Gasteiger partial charge is 0.422 e. The van der Waals surface area contributed by atoms with Gasteiger partial charge >= 0.3 is 18.1 Å². The standard InChI is InChI=1S/C10H6F6O3/c11-5-1-2-6(10(15,16)8(17)18)7(3-5)19-4-9(12,13)14/h1-3H,4H2,(H,17,18). The van der Waals surface area contributed by atoms with Gasteiger partial charge in [0.1, 0.15) is 11.6 Å². The first-order valence-corrected chi connectivity index (χ1v) is 4.65. The number of hydrogen-bond donors (Lipinski definition) is 1. The van der Waals surface area contributed by atoms with Crippen LogP contribution in [-0.2, 0) is 10.7 Å². The van der Waals surface area contributed by atoms with Gasteiger partial charge in [0.25, 0.3) is 0 Å². The predicted molar refractivity (Wildman–Crippen MR) is 49.5 cm³/mol. The summed E-state index contributed by atoms with van der Waals surface area (Å²) < 4.78 is 78.9. The van der Waals surface area contributed by atoms with Crippen molar-refractivity contribution < 1.29 is 41.0 Å². The highest BCUT2D eigenvalue weighted by atomic mass is 19.4. The molecular weight excluding hydrogens is 282 g/mol. The average Bonchev–Trinajstić information content (AvgIpc) is 2.24. The molecule has 0 radical (unpaired) electrons. The Hall–Kier alpha value is -1.93. The summed E-state index contributed by atoms with van der Waals surface area (Å²) in [7, 11) is 0. The number of halogens is 6. The maximum atomic E-state index is 13.2. The lowest BCUT2D eigenvalue weighted by atomic mass is 10.1. The molecule has 0 aliphatic rings. The molecule has 19 heavy (non-hydrogen) atoms. The van der Waals surface area contributed by atoms with Crippen molar-refractivity contribution in [2.24, 2.45) is 0 Å². The van der Waals surface area contributed by atoms with E-state index in [9.17, 15) is 31.1 Å². The van der Waals surface area contributed by atoms with E-state index in [0.717, 1.165) is 0 Å². The largest absolute Gasteiger partial charge is 0.483 e. The fourth-order valence-electron chi connectivity index (χ4n) is 1.15. The summed E-state index contributed by atoms with van der Waals surface area (Å²) in [5.41, 5.74) is -1.36. The van der Waals surface area contributed by atoms with E-state index < -0.39 is 41.8 Å². The van der Waals surface area contributed by atoms with E-state index in [0.29, 0.717) is 12.1 Å². The van der Waals surface area contributed by atoms with Crippen LogP contribution in [0.15, 0.2) is 18.2 Å². The first kappa shape index (κ1) is 15.1. The number of rotatable bonds is 4. The van der Waals surface area contributed by atoms with E-state index in [-0.39, 0.29) is 6.07 Å². The van der Waals surface area contributed by atoms with Gasteiger partial charge in [0.2, 0.25) is 0 Å². The second kappa shape index (κ2) is 4.98. The molecule has 0 amide bonds. The number of carbonyl (C=O) groups is 1. The van der Waals surface area contributed by atoms with Gasteiger partial charge in [0, 0.05) is 6.07 Å². The van der Waals surface area contributed by atoms with Crippen LogP contribution in [0.1, 0.15) is 5.56 Å². The molecule has 0 atom stereocenters. The van der Waals surface area contributed by atoms with Crippen LogP contribution >= 0.6 is 0 Å². The fraction of sp³-hybridized carbons (Fsp3) is 0.300. The maximum absolute atomic E-state index is 13.2. The summed E-state index contributed by atoms with van der Waals surface area (Å²) in [4.78, 5) is 10.3. The summed E-state index contributed by atoms with van der Waals surface area (Å²) >= 11 is 0. The number of benzene rings is 1. The van der Waals surface area contributed by atoms with Gasteiger partial charge in [-0.15, -0.1) is 0 Å². The lowest BCUT2D eigenvalue weighted by Crippen LogP contribution is -2.27. The highest BCUT2D eigenvalue weighted by Crippen LogP contribution is 2.36. The molecule has 1 N–H and O–H groups in total. The number of alkyl halides is 5. The van der Waals surface area contributed by atoms with Crippen LogP contribution in [0.2, 0.25) is 0 Å². The molecule has 9 heteroatoms. The van der Waals surface area contributed by atoms with Crippen LogP contribution in [0.4, 0.5) is 26.3 Å². The van der Waals surface area contributed by atoms with Gasteiger partial charge in [-0.2, -0.15) is 22.0 Å². The SMILES string of the molecule is O=C(O)C(F)(F)c1ccc(F)cc1OCC(F)(F)F. The molecule has 0 bridgehead atoms. The third kappa shape index (κ3) is 3.76. The average molecular weight is 288 g/mol. The molecular formula is C10H6F6O3. The fourth-order valence-corrected chi connectivity index (χ4v) is 1.15. The maximum Gasteiger partial charge on any atom is 0.422 e. The Kier molecular flexibility index (Phi) is 3.97. The number of carboxylic acid groups (broad SMARTS) is 1. The molecule has 0 fully saturated rings. The van der Waals surface area contributed by atoms with E-state index >= 15 is 0 Å². The lowest BCUT2D eigenvalue weighted by molar-refractivity contribution is -0.167. The van der Waals surface area contributed by atoms with Gasteiger partial charge in [-0.1, -0.05) is 0 Å². The Morgan fingerprint density at radius 3 is 2.26 bits per heavy atom. The topological polar surface area (TPSA) is 46.5 Å². The van der Waals surface area contributed by atoms with Gasteiger partial charge in [0.05, 0.1) is 5.56 Å². The Labute approximate surface area is 102 Å². The molecule has 0 aromatic heterocycles. The van der Waals surface area contributed by atoms with E-state index in [4.69, 9.17) is 5.11 Å². The van der Waals surface area contributed by atoms with Crippen molar-refractivity contribution in [3.05, 3.63) is 29.6 Å². The lowest BCUT2D eigenvalue weighted by Gasteiger charge is -2.17. The van der Waals surface area contributed by atoms with Crippen molar-refractivity contribution in [2.45, 2.75) is 12.1 Å². The zero-order chi connectivity index (χ0) is 14.8. The third-order valence-corrected chi connectivity index (χ3v) is 1.94. The molecule has 1 aromatic rings. The second-order valence-electron chi connectivity index (χ2n) is 3.42. The second-order valence-corrected chi connectivity index (χ2v) is 3.42. The van der Waals surface area contributed by atoms with Crippen molar-refractivity contribution in [1.82, 2.24) is 0 Å². The molecule has 106 valence electrons. The first-order chi connectivity index (χ1) is 8.54. The Balaban J connectivity index is 3.15. The molecule has 0 aliphatic heterocycles. The van der Waals surface area contributed by atoms with E-state index in [2.05, 4.69) is 4.74 Å².